The lowest BCUT2D eigenvalue weighted by atomic mass is 9.88. The monoisotopic (exact) mass is 748 g/mol. The summed E-state index contributed by atoms with van der Waals surface area (Å²) in [5.74, 6) is 1.24. The number of fused-ring (bicyclic) bond motifs is 2. The van der Waals surface area contributed by atoms with Crippen molar-refractivity contribution in [2.45, 2.75) is 47.6 Å². The topological polar surface area (TPSA) is 58.9 Å². The fourth-order valence-electron chi connectivity index (χ4n) is 8.24. The molecule has 0 heterocycles. The summed E-state index contributed by atoms with van der Waals surface area (Å²) in [4.78, 5) is 0. The Balaban J connectivity index is 0.991. The maximum Gasteiger partial charge on any atom is 0.131 e. The number of benzene rings is 8. The Morgan fingerprint density at radius 3 is 1.56 bits per heavy atom. The molecular formula is C53H48O4. The molecule has 8 aromatic carbocycles. The van der Waals surface area contributed by atoms with Gasteiger partial charge in [0.1, 0.15) is 17.2 Å². The van der Waals surface area contributed by atoms with Crippen LogP contribution in [0.15, 0.2) is 140 Å². The van der Waals surface area contributed by atoms with Crippen LogP contribution in [0.2, 0.25) is 0 Å². The fraction of sp³-hybridized carbons (Fsp3) is 0.170. The minimum Gasteiger partial charge on any atom is -0.507 e. The highest BCUT2D eigenvalue weighted by atomic mass is 16.5. The van der Waals surface area contributed by atoms with E-state index in [1.165, 1.54) is 0 Å². The Bertz CT molecular complexity index is 2780. The van der Waals surface area contributed by atoms with Crippen molar-refractivity contribution in [1.82, 2.24) is 0 Å². The zero-order valence-electron chi connectivity index (χ0n) is 33.3. The van der Waals surface area contributed by atoms with E-state index in [2.05, 4.69) is 126 Å². The van der Waals surface area contributed by atoms with Crippen LogP contribution in [-0.2, 0) is 11.3 Å². The first-order valence-electron chi connectivity index (χ1n) is 19.7. The molecule has 0 saturated carbocycles. The zero-order valence-corrected chi connectivity index (χ0v) is 33.3. The van der Waals surface area contributed by atoms with E-state index < -0.39 is 0 Å². The third-order valence-electron chi connectivity index (χ3n) is 11.0. The van der Waals surface area contributed by atoms with E-state index in [1.807, 2.05) is 48.5 Å². The number of rotatable bonds is 11. The average Bonchev–Trinajstić information content (AvgIpc) is 3.21. The second-order valence-electron chi connectivity index (χ2n) is 15.3. The van der Waals surface area contributed by atoms with E-state index in [1.54, 1.807) is 0 Å². The number of phenolic OH excluding ortho intramolecular Hbond substituents is 2. The van der Waals surface area contributed by atoms with Gasteiger partial charge in [-0.1, -0.05) is 109 Å². The molecule has 57 heavy (non-hydrogen) atoms. The Morgan fingerprint density at radius 2 is 0.947 bits per heavy atom. The van der Waals surface area contributed by atoms with Crippen LogP contribution < -0.4 is 4.74 Å². The first-order valence-corrected chi connectivity index (χ1v) is 19.7. The summed E-state index contributed by atoms with van der Waals surface area (Å²) in [7, 11) is 0. The van der Waals surface area contributed by atoms with Gasteiger partial charge in [0.2, 0.25) is 0 Å². The van der Waals surface area contributed by atoms with Gasteiger partial charge >= 0.3 is 0 Å². The van der Waals surface area contributed by atoms with Gasteiger partial charge in [-0.05, 0) is 137 Å². The minimum absolute atomic E-state index is 0.247. The predicted octanol–water partition coefficient (Wildman–Crippen LogP) is 13.6. The van der Waals surface area contributed by atoms with Crippen LogP contribution in [-0.4, -0.2) is 23.4 Å². The molecule has 2 N–H and O–H groups in total. The fourth-order valence-corrected chi connectivity index (χ4v) is 8.24. The summed E-state index contributed by atoms with van der Waals surface area (Å²) < 4.78 is 12.7. The van der Waals surface area contributed by atoms with Gasteiger partial charge in [-0.3, -0.25) is 0 Å². The normalized spacial score (nSPS) is 11.4. The highest BCUT2D eigenvalue weighted by Crippen LogP contribution is 2.46. The number of phenols is 2. The highest BCUT2D eigenvalue weighted by Gasteiger charge is 2.20. The maximum atomic E-state index is 11.9. The van der Waals surface area contributed by atoms with E-state index in [0.29, 0.717) is 26.2 Å². The first-order chi connectivity index (χ1) is 27.7. The van der Waals surface area contributed by atoms with Gasteiger partial charge in [0, 0.05) is 34.2 Å². The Labute approximate surface area is 335 Å². The molecule has 8 rings (SSSR count). The predicted molar refractivity (Wildman–Crippen MR) is 236 cm³/mol. The van der Waals surface area contributed by atoms with Gasteiger partial charge in [0.25, 0.3) is 0 Å². The smallest absolute Gasteiger partial charge is 0.131 e. The molecular weight excluding hydrogens is 701 g/mol. The van der Waals surface area contributed by atoms with Crippen molar-refractivity contribution >= 4 is 21.5 Å². The van der Waals surface area contributed by atoms with Gasteiger partial charge < -0.3 is 19.7 Å². The van der Waals surface area contributed by atoms with E-state index in [9.17, 15) is 10.2 Å². The molecule has 0 aliphatic heterocycles. The lowest BCUT2D eigenvalue weighted by molar-refractivity contribution is 0.107. The number of ether oxygens (including phenoxy) is 2. The summed E-state index contributed by atoms with van der Waals surface area (Å²) in [6, 6.07) is 47.7. The second kappa shape index (κ2) is 16.0. The first kappa shape index (κ1) is 37.6. The van der Waals surface area contributed by atoms with Gasteiger partial charge in [0.15, 0.2) is 0 Å². The van der Waals surface area contributed by atoms with Crippen LogP contribution in [0.5, 0.6) is 17.2 Å². The van der Waals surface area contributed by atoms with Crippen LogP contribution in [0, 0.1) is 34.6 Å². The van der Waals surface area contributed by atoms with Crippen molar-refractivity contribution in [2.75, 3.05) is 13.2 Å². The van der Waals surface area contributed by atoms with Crippen LogP contribution in [0.4, 0.5) is 0 Å². The number of aromatic hydroxyl groups is 2. The lowest BCUT2D eigenvalue weighted by Gasteiger charge is -2.19. The molecule has 0 bridgehead atoms. The van der Waals surface area contributed by atoms with Crippen molar-refractivity contribution in [2.24, 2.45) is 0 Å². The van der Waals surface area contributed by atoms with Crippen molar-refractivity contribution in [1.29, 1.82) is 0 Å². The van der Waals surface area contributed by atoms with Gasteiger partial charge in [-0.25, -0.2) is 0 Å². The molecule has 8 aromatic rings. The van der Waals surface area contributed by atoms with Crippen LogP contribution >= 0.6 is 0 Å². The molecule has 0 spiro atoms. The summed E-state index contributed by atoms with van der Waals surface area (Å²) in [5.41, 5.74) is 13.6. The molecule has 0 aromatic heterocycles. The van der Waals surface area contributed by atoms with Crippen molar-refractivity contribution in [3.05, 3.63) is 173 Å². The summed E-state index contributed by atoms with van der Waals surface area (Å²) in [6.45, 7) is 11.8. The molecule has 4 nitrogen and oxygen atoms in total. The average molecular weight is 749 g/mol. The standard InChI is InChI=1S/C53H48O4/c1-33-19-24-49(44(27-33)46-29-35(3)31-48(53(46)55)51-37(5)21-23-39-14-7-11-18-43(39)51)57-26-12-25-56-32-40-15-8-9-16-41(40)45-28-34(2)30-47(52(45)54)50-36(4)20-22-38-13-6-10-17-42(38)50/h6-11,13-24,27-31,54-55H,12,25-26,32H2,1-5H3. The molecule has 0 aliphatic rings. The number of hydrogen-bond acceptors (Lipinski definition) is 4. The Morgan fingerprint density at radius 1 is 0.439 bits per heavy atom. The third-order valence-corrected chi connectivity index (χ3v) is 11.0. The molecule has 0 unspecified atom stereocenters. The molecule has 0 fully saturated rings. The zero-order chi connectivity index (χ0) is 39.6. The van der Waals surface area contributed by atoms with Gasteiger partial charge in [-0.2, -0.15) is 0 Å². The summed E-state index contributed by atoms with van der Waals surface area (Å²) in [6.07, 6.45) is 0.677. The third kappa shape index (κ3) is 7.49. The Hall–Kier alpha value is -6.36. The highest BCUT2D eigenvalue weighted by molar-refractivity contribution is 6.02. The van der Waals surface area contributed by atoms with Gasteiger partial charge in [0.05, 0.1) is 19.8 Å². The van der Waals surface area contributed by atoms with Crippen LogP contribution in [0.1, 0.15) is 39.8 Å². The second-order valence-corrected chi connectivity index (χ2v) is 15.3. The molecule has 0 amide bonds. The van der Waals surface area contributed by atoms with Crippen LogP contribution in [0.3, 0.4) is 0 Å². The Kier molecular flexibility index (Phi) is 10.6. The number of hydrogen-bond donors (Lipinski definition) is 2. The minimum atomic E-state index is 0.247. The largest absolute Gasteiger partial charge is 0.507 e. The van der Waals surface area contributed by atoms with E-state index in [4.69, 9.17) is 9.47 Å². The van der Waals surface area contributed by atoms with Crippen molar-refractivity contribution in [3.8, 4) is 61.8 Å². The summed E-state index contributed by atoms with van der Waals surface area (Å²) >= 11 is 0. The van der Waals surface area contributed by atoms with Crippen molar-refractivity contribution < 1.29 is 19.7 Å². The summed E-state index contributed by atoms with van der Waals surface area (Å²) in [5, 5.41) is 28.4. The van der Waals surface area contributed by atoms with E-state index in [0.717, 1.165) is 105 Å². The molecule has 4 heteroatoms. The lowest BCUT2D eigenvalue weighted by Crippen LogP contribution is -2.05. The van der Waals surface area contributed by atoms with E-state index >= 15 is 0 Å². The molecule has 284 valence electrons. The molecule has 0 radical (unpaired) electrons. The quantitative estimate of drug-likeness (QED) is 0.129. The molecule has 0 saturated heterocycles. The number of aryl methyl sites for hydroxylation is 5. The SMILES string of the molecule is Cc1ccc(OCCCOCc2ccccc2-c2cc(C)cc(-c3c(C)ccc4ccccc34)c2O)c(-c2cc(C)cc(-c3c(C)ccc4ccccc34)c2O)c1. The molecule has 0 atom stereocenters. The van der Waals surface area contributed by atoms with Gasteiger partial charge in [-0.15, -0.1) is 0 Å². The van der Waals surface area contributed by atoms with Crippen molar-refractivity contribution in [3.63, 3.8) is 0 Å². The van der Waals surface area contributed by atoms with Crippen LogP contribution in [0.25, 0.3) is 66.1 Å². The molecule has 0 aliphatic carbocycles. The van der Waals surface area contributed by atoms with E-state index in [-0.39, 0.29) is 11.5 Å². The maximum absolute atomic E-state index is 11.9.